The number of hydrogen-bond donors (Lipinski definition) is 2. The molecule has 1 aliphatic heterocycles. The lowest BCUT2D eigenvalue weighted by molar-refractivity contribution is 0.0977. The summed E-state index contributed by atoms with van der Waals surface area (Å²) in [4.78, 5) is 14.6. The molecule has 0 radical (unpaired) electrons. The average Bonchev–Trinajstić information content (AvgIpc) is 2.68. The molecule has 0 unspecified atom stereocenters. The summed E-state index contributed by atoms with van der Waals surface area (Å²) < 4.78 is 11.0. The highest BCUT2D eigenvalue weighted by molar-refractivity contribution is 7.80. The maximum absolute atomic E-state index is 12.5. The molecule has 0 atom stereocenters. The van der Waals surface area contributed by atoms with Gasteiger partial charge in [-0.05, 0) is 62.5 Å². The van der Waals surface area contributed by atoms with Gasteiger partial charge in [-0.15, -0.1) is 0 Å². The maximum Gasteiger partial charge on any atom is 0.257 e. The first kappa shape index (κ1) is 21.4. The number of rotatable bonds is 5. The molecule has 8 heteroatoms. The molecule has 2 aromatic rings. The van der Waals surface area contributed by atoms with Crippen molar-refractivity contribution in [1.82, 2.24) is 5.32 Å². The van der Waals surface area contributed by atoms with E-state index >= 15 is 0 Å². The Bertz CT molecular complexity index is 868. The molecule has 3 rings (SSSR count). The first-order valence-corrected chi connectivity index (χ1v) is 10.2. The Labute approximate surface area is 181 Å². The molecule has 154 valence electrons. The minimum atomic E-state index is -0.298. The molecule has 0 bridgehead atoms. The number of thiocarbonyl (C=S) groups is 1. The molecule has 1 amide bonds. The molecule has 0 aliphatic carbocycles. The maximum atomic E-state index is 12.5. The molecule has 0 spiro atoms. The molecule has 1 saturated heterocycles. The van der Waals surface area contributed by atoms with Crippen LogP contribution in [-0.4, -0.2) is 43.4 Å². The second-order valence-electron chi connectivity index (χ2n) is 6.83. The average molecular weight is 434 g/mol. The van der Waals surface area contributed by atoms with Gasteiger partial charge < -0.3 is 19.7 Å². The van der Waals surface area contributed by atoms with E-state index in [1.54, 1.807) is 24.3 Å². The van der Waals surface area contributed by atoms with E-state index in [1.165, 1.54) is 0 Å². The zero-order valence-corrected chi connectivity index (χ0v) is 18.0. The van der Waals surface area contributed by atoms with Crippen LogP contribution in [0.5, 0.6) is 5.75 Å². The SMILES string of the molecule is CC(C)Oc1ccc(C(=O)NC(=S)Nc2cccc(Cl)c2N2CCOCC2)cc1. The highest BCUT2D eigenvalue weighted by atomic mass is 35.5. The lowest BCUT2D eigenvalue weighted by Gasteiger charge is -2.31. The summed E-state index contributed by atoms with van der Waals surface area (Å²) in [5, 5.41) is 6.62. The van der Waals surface area contributed by atoms with Crippen molar-refractivity contribution in [2.24, 2.45) is 0 Å². The molecule has 0 aromatic heterocycles. The molecule has 1 heterocycles. The predicted octanol–water partition coefficient (Wildman–Crippen LogP) is 4.09. The first-order valence-electron chi connectivity index (χ1n) is 9.44. The third-order valence-corrected chi connectivity index (χ3v) is 4.79. The molecular formula is C21H24ClN3O3S. The van der Waals surface area contributed by atoms with E-state index in [0.717, 1.165) is 24.5 Å². The quantitative estimate of drug-likeness (QED) is 0.692. The van der Waals surface area contributed by atoms with Crippen LogP contribution < -0.4 is 20.3 Å². The standard InChI is InChI=1S/C21H24ClN3O3S/c1-14(2)28-16-8-6-15(7-9-16)20(26)24-21(29)23-18-5-3-4-17(22)19(18)25-10-12-27-13-11-25/h3-9,14H,10-13H2,1-2H3,(H2,23,24,26,29). The van der Waals surface area contributed by atoms with Crippen molar-refractivity contribution in [3.63, 3.8) is 0 Å². The van der Waals surface area contributed by atoms with Crippen molar-refractivity contribution in [2.75, 3.05) is 36.5 Å². The van der Waals surface area contributed by atoms with Gasteiger partial charge in [0.05, 0.1) is 35.7 Å². The molecule has 2 N–H and O–H groups in total. The first-order chi connectivity index (χ1) is 13.9. The van der Waals surface area contributed by atoms with E-state index in [1.807, 2.05) is 32.0 Å². The van der Waals surface area contributed by atoms with Crippen LogP contribution in [0.3, 0.4) is 0 Å². The summed E-state index contributed by atoms with van der Waals surface area (Å²) >= 11 is 11.8. The Kier molecular flexibility index (Phi) is 7.30. The Morgan fingerprint density at radius 1 is 1.17 bits per heavy atom. The van der Waals surface area contributed by atoms with E-state index in [-0.39, 0.29) is 17.1 Å². The number of ether oxygens (including phenoxy) is 2. The molecule has 6 nitrogen and oxygen atoms in total. The van der Waals surface area contributed by atoms with Crippen LogP contribution in [0.2, 0.25) is 5.02 Å². The highest BCUT2D eigenvalue weighted by Crippen LogP contribution is 2.34. The molecule has 0 saturated carbocycles. The number of nitrogens with zero attached hydrogens (tertiary/aromatic N) is 1. The summed E-state index contributed by atoms with van der Waals surface area (Å²) in [6.45, 7) is 6.66. The largest absolute Gasteiger partial charge is 0.491 e. The number of carbonyl (C=O) groups excluding carboxylic acids is 1. The van der Waals surface area contributed by atoms with Crippen LogP contribution in [0.1, 0.15) is 24.2 Å². The van der Waals surface area contributed by atoms with Gasteiger partial charge in [0.1, 0.15) is 5.75 Å². The van der Waals surface area contributed by atoms with E-state index in [2.05, 4.69) is 15.5 Å². The summed E-state index contributed by atoms with van der Waals surface area (Å²) in [6.07, 6.45) is 0.0739. The summed E-state index contributed by atoms with van der Waals surface area (Å²) in [5.41, 5.74) is 2.08. The van der Waals surface area contributed by atoms with E-state index in [0.29, 0.717) is 29.5 Å². The normalized spacial score (nSPS) is 13.9. The Balaban J connectivity index is 1.66. The number of hydrogen-bond acceptors (Lipinski definition) is 5. The Morgan fingerprint density at radius 2 is 1.86 bits per heavy atom. The van der Waals surface area contributed by atoms with Crippen molar-refractivity contribution in [2.45, 2.75) is 20.0 Å². The lowest BCUT2D eigenvalue weighted by atomic mass is 10.2. The van der Waals surface area contributed by atoms with Crippen LogP contribution in [0, 0.1) is 0 Å². The smallest absolute Gasteiger partial charge is 0.257 e. The topological polar surface area (TPSA) is 62.8 Å². The predicted molar refractivity (Wildman–Crippen MR) is 120 cm³/mol. The highest BCUT2D eigenvalue weighted by Gasteiger charge is 2.19. The van der Waals surface area contributed by atoms with Gasteiger partial charge in [-0.2, -0.15) is 0 Å². The van der Waals surface area contributed by atoms with Crippen LogP contribution in [-0.2, 0) is 4.74 Å². The molecule has 1 aliphatic rings. The van der Waals surface area contributed by atoms with Gasteiger partial charge in [-0.3, -0.25) is 10.1 Å². The van der Waals surface area contributed by atoms with Crippen LogP contribution in [0.25, 0.3) is 0 Å². The van der Waals surface area contributed by atoms with Crippen molar-refractivity contribution in [3.8, 4) is 5.75 Å². The minimum Gasteiger partial charge on any atom is -0.491 e. The molecular weight excluding hydrogens is 410 g/mol. The zero-order valence-electron chi connectivity index (χ0n) is 16.4. The minimum absolute atomic E-state index is 0.0739. The monoisotopic (exact) mass is 433 g/mol. The van der Waals surface area contributed by atoms with Crippen molar-refractivity contribution < 1.29 is 14.3 Å². The van der Waals surface area contributed by atoms with Gasteiger partial charge in [0, 0.05) is 18.7 Å². The Hall–Kier alpha value is -2.35. The number of benzene rings is 2. The second-order valence-corrected chi connectivity index (χ2v) is 7.65. The van der Waals surface area contributed by atoms with Gasteiger partial charge in [-0.25, -0.2) is 0 Å². The molecule has 1 fully saturated rings. The van der Waals surface area contributed by atoms with Crippen molar-refractivity contribution in [3.05, 3.63) is 53.1 Å². The van der Waals surface area contributed by atoms with Gasteiger partial charge >= 0.3 is 0 Å². The zero-order chi connectivity index (χ0) is 20.8. The van der Waals surface area contributed by atoms with Gasteiger partial charge in [-0.1, -0.05) is 17.7 Å². The Morgan fingerprint density at radius 3 is 2.52 bits per heavy atom. The fourth-order valence-electron chi connectivity index (χ4n) is 3.01. The number of para-hydroxylation sites is 1. The van der Waals surface area contributed by atoms with E-state index in [9.17, 15) is 4.79 Å². The van der Waals surface area contributed by atoms with Crippen LogP contribution in [0.4, 0.5) is 11.4 Å². The van der Waals surface area contributed by atoms with Gasteiger partial charge in [0.15, 0.2) is 5.11 Å². The molecule has 2 aromatic carbocycles. The van der Waals surface area contributed by atoms with Gasteiger partial charge in [0.25, 0.3) is 5.91 Å². The number of halogens is 1. The van der Waals surface area contributed by atoms with Crippen molar-refractivity contribution >= 4 is 46.2 Å². The third-order valence-electron chi connectivity index (χ3n) is 4.28. The number of nitrogens with one attached hydrogen (secondary N) is 2. The number of morpholine rings is 1. The van der Waals surface area contributed by atoms with Crippen LogP contribution in [0.15, 0.2) is 42.5 Å². The number of carbonyl (C=O) groups is 1. The number of amides is 1. The van der Waals surface area contributed by atoms with Crippen molar-refractivity contribution in [1.29, 1.82) is 0 Å². The lowest BCUT2D eigenvalue weighted by Crippen LogP contribution is -2.38. The van der Waals surface area contributed by atoms with E-state index < -0.39 is 0 Å². The van der Waals surface area contributed by atoms with E-state index in [4.69, 9.17) is 33.3 Å². The summed E-state index contributed by atoms with van der Waals surface area (Å²) in [7, 11) is 0. The second kappa shape index (κ2) is 9.91. The van der Waals surface area contributed by atoms with Crippen LogP contribution >= 0.6 is 23.8 Å². The summed E-state index contributed by atoms with van der Waals surface area (Å²) in [5.74, 6) is 0.417. The summed E-state index contributed by atoms with van der Waals surface area (Å²) in [6, 6.07) is 12.5. The third kappa shape index (κ3) is 5.82. The molecule has 29 heavy (non-hydrogen) atoms. The number of anilines is 2. The van der Waals surface area contributed by atoms with Gasteiger partial charge in [0.2, 0.25) is 0 Å². The fourth-order valence-corrected chi connectivity index (χ4v) is 3.51. The fraction of sp³-hybridized carbons (Fsp3) is 0.333.